The van der Waals surface area contributed by atoms with Gasteiger partial charge in [-0.2, -0.15) is 0 Å². The van der Waals surface area contributed by atoms with E-state index in [1.165, 1.54) is 67.1 Å². The Morgan fingerprint density at radius 2 is 1.55 bits per heavy atom. The van der Waals surface area contributed by atoms with Crippen LogP contribution in [0.4, 0.5) is 5.69 Å². The van der Waals surface area contributed by atoms with Gasteiger partial charge in [-0.1, -0.05) is 12.1 Å². The van der Waals surface area contributed by atoms with Gasteiger partial charge in [0.1, 0.15) is 12.1 Å². The number of fused-ring (bicyclic) bond motifs is 4. The minimum absolute atomic E-state index is 0.110. The molecule has 3 aromatic heterocycles. The van der Waals surface area contributed by atoms with Crippen LogP contribution in [0.2, 0.25) is 0 Å². The van der Waals surface area contributed by atoms with Crippen LogP contribution >= 0.6 is 0 Å². The molecule has 4 amide bonds. The number of benzene rings is 2. The fraction of sp³-hybridized carbons (Fsp3) is 0.447. The van der Waals surface area contributed by atoms with Crippen LogP contribution in [0.1, 0.15) is 72.1 Å². The highest BCUT2D eigenvalue weighted by molar-refractivity contribution is 6.23. The third-order valence-corrected chi connectivity index (χ3v) is 13.8. The highest BCUT2D eigenvalue weighted by Gasteiger charge is 2.45. The molecule has 1 unspecified atom stereocenters. The van der Waals surface area contributed by atoms with Crippen molar-refractivity contribution in [1.82, 2.24) is 34.6 Å². The second kappa shape index (κ2) is 16.1. The van der Waals surface area contributed by atoms with Crippen LogP contribution in [0.25, 0.3) is 32.9 Å². The molecule has 5 aliphatic rings. The number of piperidine rings is 2. The van der Waals surface area contributed by atoms with E-state index in [9.17, 15) is 19.2 Å². The predicted octanol–water partition coefficient (Wildman–Crippen LogP) is 5.66. The Hall–Kier alpha value is -5.66. The fourth-order valence-electron chi connectivity index (χ4n) is 10.3. The third-order valence-electron chi connectivity index (χ3n) is 13.8. The van der Waals surface area contributed by atoms with Crippen molar-refractivity contribution in [3.05, 3.63) is 84.3 Å². The number of piperazine rings is 1. The molecule has 310 valence electrons. The molecule has 5 aromatic rings. The zero-order valence-electron chi connectivity index (χ0n) is 34.2. The monoisotopic (exact) mass is 808 g/mol. The van der Waals surface area contributed by atoms with Crippen molar-refractivity contribution in [2.75, 3.05) is 57.3 Å². The number of amides is 4. The van der Waals surface area contributed by atoms with Crippen molar-refractivity contribution < 1.29 is 23.9 Å². The van der Waals surface area contributed by atoms with Crippen LogP contribution in [0.15, 0.2) is 73.2 Å². The second-order valence-electron chi connectivity index (χ2n) is 17.5. The second-order valence-corrected chi connectivity index (χ2v) is 17.5. The van der Waals surface area contributed by atoms with Gasteiger partial charge in [0.25, 0.3) is 11.8 Å². The molecule has 4 aliphatic heterocycles. The highest BCUT2D eigenvalue weighted by atomic mass is 16.5. The number of aryl methyl sites for hydroxylation is 1. The maximum absolute atomic E-state index is 13.3. The Labute approximate surface area is 349 Å². The minimum atomic E-state index is -0.949. The van der Waals surface area contributed by atoms with Crippen molar-refractivity contribution in [3.8, 4) is 17.0 Å². The lowest BCUT2D eigenvalue weighted by Gasteiger charge is -2.40. The molecule has 4 fully saturated rings. The highest BCUT2D eigenvalue weighted by Crippen LogP contribution is 2.36. The standard InChI is InChI=1S/C47H52N8O5/c1-51-40-12-15-48-28-39(40)36-7-4-32(25-42(36)51)33-5-11-44(49-27-33)60-35-23-31(24-35)29-53-17-13-30(14-18-53)3-2-16-52-19-21-54(22-20-52)34-6-8-37-38(26-34)47(59)55(46(37)58)41-9-10-43(56)50-45(41)57/h4-8,11-12,15,25-28,30-31,35,41H,2-3,9-10,13-14,16-24,29H2,1H3,(H,50,56,57)/t31-,35-,41?. The summed E-state index contributed by atoms with van der Waals surface area (Å²) >= 11 is 0. The Balaban J connectivity index is 0.617. The maximum Gasteiger partial charge on any atom is 0.262 e. The summed E-state index contributed by atoms with van der Waals surface area (Å²) in [6.45, 7) is 8.28. The minimum Gasteiger partial charge on any atom is -0.474 e. The molecule has 13 heteroatoms. The van der Waals surface area contributed by atoms with Crippen LogP contribution < -0.4 is 15.0 Å². The molecule has 3 saturated heterocycles. The van der Waals surface area contributed by atoms with E-state index in [0.29, 0.717) is 22.9 Å². The first kappa shape index (κ1) is 38.5. The summed E-state index contributed by atoms with van der Waals surface area (Å²) in [5.41, 5.74) is 6.16. The summed E-state index contributed by atoms with van der Waals surface area (Å²) in [6, 6.07) is 17.2. The zero-order chi connectivity index (χ0) is 40.9. The van der Waals surface area contributed by atoms with Gasteiger partial charge in [-0.05, 0) is 118 Å². The number of carbonyl (C=O) groups is 4. The number of pyridine rings is 2. The summed E-state index contributed by atoms with van der Waals surface area (Å²) in [5, 5.41) is 4.64. The average Bonchev–Trinajstić information content (AvgIpc) is 3.68. The summed E-state index contributed by atoms with van der Waals surface area (Å²) in [4.78, 5) is 68.0. The summed E-state index contributed by atoms with van der Waals surface area (Å²) in [6.07, 6.45) is 13.5. The van der Waals surface area contributed by atoms with Gasteiger partial charge in [0, 0.05) is 98.4 Å². The fourth-order valence-corrected chi connectivity index (χ4v) is 10.3. The van der Waals surface area contributed by atoms with Crippen LogP contribution in [-0.4, -0.2) is 117 Å². The number of ether oxygens (including phenoxy) is 1. The number of nitrogens with zero attached hydrogens (tertiary/aromatic N) is 7. The Bertz CT molecular complexity index is 2460. The molecule has 0 radical (unpaired) electrons. The van der Waals surface area contributed by atoms with Crippen LogP contribution in [0.5, 0.6) is 5.88 Å². The molecule has 2 aromatic carbocycles. The molecule has 0 spiro atoms. The summed E-state index contributed by atoms with van der Waals surface area (Å²) in [7, 11) is 2.10. The van der Waals surface area contributed by atoms with Crippen molar-refractivity contribution in [1.29, 1.82) is 0 Å². The molecule has 1 N–H and O–H groups in total. The first-order valence-electron chi connectivity index (χ1n) is 21.8. The van der Waals surface area contributed by atoms with Gasteiger partial charge >= 0.3 is 0 Å². The van der Waals surface area contributed by atoms with Gasteiger partial charge in [-0.3, -0.25) is 39.3 Å². The van der Waals surface area contributed by atoms with Gasteiger partial charge in [-0.15, -0.1) is 0 Å². The third kappa shape index (κ3) is 7.42. The SMILES string of the molecule is Cn1c2ccncc2c2ccc(-c3ccc(O[C@H]4C[C@H](CN5CCC(CCCN6CCN(c7ccc8c(c7)C(=O)N(C7CCC(=O)NC7=O)C8=O)CC6)CC5)C4)nc3)cc21. The van der Waals surface area contributed by atoms with Gasteiger partial charge in [0.15, 0.2) is 0 Å². The predicted molar refractivity (Wildman–Crippen MR) is 229 cm³/mol. The van der Waals surface area contributed by atoms with E-state index in [2.05, 4.69) is 71.9 Å². The lowest BCUT2D eigenvalue weighted by Crippen LogP contribution is -2.54. The lowest BCUT2D eigenvalue weighted by molar-refractivity contribution is -0.136. The van der Waals surface area contributed by atoms with Crippen molar-refractivity contribution >= 4 is 51.1 Å². The number of carbonyl (C=O) groups excluding carboxylic acids is 4. The number of likely N-dealkylation sites (tertiary alicyclic amines) is 1. The summed E-state index contributed by atoms with van der Waals surface area (Å²) in [5.74, 6) is 0.310. The van der Waals surface area contributed by atoms with Crippen molar-refractivity contribution in [2.24, 2.45) is 18.9 Å². The number of hydrogen-bond donors (Lipinski definition) is 1. The van der Waals surface area contributed by atoms with Crippen molar-refractivity contribution in [2.45, 2.75) is 63.5 Å². The number of aromatic nitrogens is 3. The van der Waals surface area contributed by atoms with Crippen LogP contribution in [-0.2, 0) is 16.6 Å². The van der Waals surface area contributed by atoms with Gasteiger partial charge in [-0.25, -0.2) is 4.98 Å². The van der Waals surface area contributed by atoms with Crippen LogP contribution in [0.3, 0.4) is 0 Å². The van der Waals surface area contributed by atoms with Crippen molar-refractivity contribution in [3.63, 3.8) is 0 Å². The molecule has 13 nitrogen and oxygen atoms in total. The Kier molecular flexibility index (Phi) is 10.3. The number of rotatable bonds is 11. The van der Waals surface area contributed by atoms with E-state index in [-0.39, 0.29) is 24.9 Å². The first-order chi connectivity index (χ1) is 29.3. The van der Waals surface area contributed by atoms with Gasteiger partial charge in [0.2, 0.25) is 17.7 Å². The maximum atomic E-state index is 13.3. The molecule has 10 rings (SSSR count). The summed E-state index contributed by atoms with van der Waals surface area (Å²) < 4.78 is 8.52. The number of imide groups is 2. The van der Waals surface area contributed by atoms with Gasteiger partial charge in [0.05, 0.1) is 16.6 Å². The van der Waals surface area contributed by atoms with E-state index >= 15 is 0 Å². The number of anilines is 1. The molecular weight excluding hydrogens is 757 g/mol. The molecule has 60 heavy (non-hydrogen) atoms. The molecule has 1 saturated carbocycles. The topological polar surface area (TPSA) is 133 Å². The van der Waals surface area contributed by atoms with E-state index in [1.807, 2.05) is 30.7 Å². The average molecular weight is 809 g/mol. The quantitative estimate of drug-likeness (QED) is 0.167. The lowest BCUT2D eigenvalue weighted by atomic mass is 9.81. The normalized spacial score (nSPS) is 23.1. The molecular formula is C47H52N8O5. The van der Waals surface area contributed by atoms with E-state index in [1.54, 1.807) is 12.1 Å². The van der Waals surface area contributed by atoms with E-state index in [0.717, 1.165) is 73.2 Å². The largest absolute Gasteiger partial charge is 0.474 e. The first-order valence-corrected chi connectivity index (χ1v) is 21.8. The zero-order valence-corrected chi connectivity index (χ0v) is 34.2. The van der Waals surface area contributed by atoms with E-state index in [4.69, 9.17) is 4.74 Å². The molecule has 7 heterocycles. The Morgan fingerprint density at radius 1 is 0.750 bits per heavy atom. The van der Waals surface area contributed by atoms with Gasteiger partial charge < -0.3 is 19.1 Å². The Morgan fingerprint density at radius 3 is 2.33 bits per heavy atom. The number of nitrogens with one attached hydrogen (secondary N) is 1. The molecule has 0 bridgehead atoms. The number of hydrogen-bond acceptors (Lipinski definition) is 10. The smallest absolute Gasteiger partial charge is 0.262 e. The molecule has 1 atom stereocenters. The van der Waals surface area contributed by atoms with Crippen LogP contribution in [0, 0.1) is 11.8 Å². The molecule has 1 aliphatic carbocycles. The van der Waals surface area contributed by atoms with E-state index < -0.39 is 23.8 Å².